The Labute approximate surface area is 95.2 Å². The van der Waals surface area contributed by atoms with Gasteiger partial charge in [-0.05, 0) is 6.42 Å². The van der Waals surface area contributed by atoms with Crippen molar-refractivity contribution in [3.05, 3.63) is 0 Å². The van der Waals surface area contributed by atoms with Crippen molar-refractivity contribution in [2.24, 2.45) is 0 Å². The van der Waals surface area contributed by atoms with Gasteiger partial charge in [-0.25, -0.2) is 0 Å². The molecule has 0 aromatic carbocycles. The summed E-state index contributed by atoms with van der Waals surface area (Å²) in [4.78, 5) is 0. The number of hydrogen-bond donors (Lipinski definition) is 0. The van der Waals surface area contributed by atoms with Crippen LogP contribution in [0.15, 0.2) is 0 Å². The second kappa shape index (κ2) is 13.6. The van der Waals surface area contributed by atoms with Crippen LogP contribution in [0.5, 0.6) is 0 Å². The molecule has 0 rings (SSSR count). The normalized spacial score (nSPS) is 9.27. The standard InChI is InChI=1S/C9H19Cl.Mg.2H/c1-2-3-4-5-6-7-8-9-10;;;/h2-9H2,1H3;;;/q;+2;2*-1. The van der Waals surface area contributed by atoms with E-state index in [9.17, 15) is 0 Å². The van der Waals surface area contributed by atoms with Crippen molar-refractivity contribution in [1.82, 2.24) is 0 Å². The minimum Gasteiger partial charge on any atom is -1.00 e. The largest absolute Gasteiger partial charge is 2.00 e. The first kappa shape index (κ1) is 14.6. The maximum Gasteiger partial charge on any atom is 2.00 e. The van der Waals surface area contributed by atoms with Crippen molar-refractivity contribution >= 4 is 34.7 Å². The van der Waals surface area contributed by atoms with Crippen molar-refractivity contribution < 1.29 is 2.85 Å². The maximum absolute atomic E-state index is 5.54. The van der Waals surface area contributed by atoms with Gasteiger partial charge in [0.05, 0.1) is 0 Å². The Hall–Kier alpha value is 1.06. The van der Waals surface area contributed by atoms with Gasteiger partial charge in [0.15, 0.2) is 0 Å². The first-order valence-corrected chi connectivity index (χ1v) is 5.01. The molecule has 0 aliphatic heterocycles. The van der Waals surface area contributed by atoms with Crippen LogP contribution in [0, 0.1) is 0 Å². The van der Waals surface area contributed by atoms with Gasteiger partial charge in [0.2, 0.25) is 0 Å². The molecule has 0 aromatic heterocycles. The average molecular weight is 189 g/mol. The van der Waals surface area contributed by atoms with Crippen LogP contribution in [0.2, 0.25) is 0 Å². The van der Waals surface area contributed by atoms with E-state index in [4.69, 9.17) is 11.6 Å². The Balaban J connectivity index is -0.000000135. The van der Waals surface area contributed by atoms with Gasteiger partial charge in [-0.15, -0.1) is 11.6 Å². The van der Waals surface area contributed by atoms with Crippen LogP contribution in [0.1, 0.15) is 54.7 Å². The van der Waals surface area contributed by atoms with Crippen LogP contribution in [-0.4, -0.2) is 28.9 Å². The van der Waals surface area contributed by atoms with E-state index in [1.54, 1.807) is 0 Å². The molecule has 0 unspecified atom stereocenters. The van der Waals surface area contributed by atoms with Gasteiger partial charge in [0.25, 0.3) is 0 Å². The molecule has 0 bridgehead atoms. The van der Waals surface area contributed by atoms with Crippen molar-refractivity contribution in [1.29, 1.82) is 0 Å². The summed E-state index contributed by atoms with van der Waals surface area (Å²) >= 11 is 5.54. The molecule has 0 aliphatic carbocycles. The van der Waals surface area contributed by atoms with Crippen LogP contribution in [0.25, 0.3) is 0 Å². The number of hydrogen-bond acceptors (Lipinski definition) is 0. The van der Waals surface area contributed by atoms with Gasteiger partial charge in [-0.1, -0.05) is 45.4 Å². The molecule has 2 heteroatoms. The van der Waals surface area contributed by atoms with E-state index in [0.29, 0.717) is 0 Å². The molecule has 0 nitrogen and oxygen atoms in total. The average Bonchev–Trinajstić information content (AvgIpc) is 1.97. The third-order valence-corrected chi connectivity index (χ3v) is 2.00. The number of alkyl halides is 1. The third-order valence-electron chi connectivity index (χ3n) is 1.74. The maximum atomic E-state index is 5.54. The molecule has 0 aromatic rings. The van der Waals surface area contributed by atoms with E-state index in [-0.39, 0.29) is 25.9 Å². The zero-order valence-corrected chi connectivity index (χ0v) is 9.91. The molecule has 0 radical (unpaired) electrons. The van der Waals surface area contributed by atoms with E-state index in [1.165, 1.54) is 44.9 Å². The summed E-state index contributed by atoms with van der Waals surface area (Å²) in [6, 6.07) is 0. The first-order chi connectivity index (χ1) is 4.91. The Bertz CT molecular complexity index is 57.6. The van der Waals surface area contributed by atoms with Crippen molar-refractivity contribution in [2.75, 3.05) is 5.88 Å². The van der Waals surface area contributed by atoms with Gasteiger partial charge in [-0.3, -0.25) is 0 Å². The fourth-order valence-corrected chi connectivity index (χ4v) is 1.24. The molecule has 0 saturated carbocycles. The molecule has 0 amide bonds. The molecule has 0 N–H and O–H groups in total. The monoisotopic (exact) mass is 188 g/mol. The van der Waals surface area contributed by atoms with E-state index in [2.05, 4.69) is 6.92 Å². The second-order valence-corrected chi connectivity index (χ2v) is 3.19. The second-order valence-electron chi connectivity index (χ2n) is 2.81. The van der Waals surface area contributed by atoms with Gasteiger partial charge < -0.3 is 2.85 Å². The Morgan fingerprint density at radius 3 is 1.82 bits per heavy atom. The Kier molecular flexibility index (Phi) is 18.1. The molecule has 0 fully saturated rings. The minimum atomic E-state index is 0. The zero-order valence-electron chi connectivity index (χ0n) is 9.74. The van der Waals surface area contributed by atoms with Gasteiger partial charge in [0.1, 0.15) is 0 Å². The van der Waals surface area contributed by atoms with Crippen LogP contribution in [0.4, 0.5) is 0 Å². The number of rotatable bonds is 7. The molecule has 0 heterocycles. The minimum absolute atomic E-state index is 0. The van der Waals surface area contributed by atoms with Crippen molar-refractivity contribution in [2.45, 2.75) is 51.9 Å². The van der Waals surface area contributed by atoms with Crippen molar-refractivity contribution in [3.63, 3.8) is 0 Å². The summed E-state index contributed by atoms with van der Waals surface area (Å²) in [6.45, 7) is 2.25. The van der Waals surface area contributed by atoms with Crippen molar-refractivity contribution in [3.8, 4) is 0 Å². The SMILES string of the molecule is CCCCCCCCCCl.[H-].[H-].[Mg+2]. The summed E-state index contributed by atoms with van der Waals surface area (Å²) in [7, 11) is 0. The van der Waals surface area contributed by atoms with Crippen LogP contribution in [0.3, 0.4) is 0 Å². The third kappa shape index (κ3) is 14.0. The summed E-state index contributed by atoms with van der Waals surface area (Å²) in [5.41, 5.74) is 0. The smallest absolute Gasteiger partial charge is 1.00 e. The van der Waals surface area contributed by atoms with E-state index in [0.717, 1.165) is 5.88 Å². The van der Waals surface area contributed by atoms with Crippen LogP contribution < -0.4 is 0 Å². The predicted octanol–water partition coefficient (Wildman–Crippen LogP) is 3.82. The summed E-state index contributed by atoms with van der Waals surface area (Å²) in [6.07, 6.45) is 9.48. The topological polar surface area (TPSA) is 0 Å². The predicted molar refractivity (Wildman–Crippen MR) is 56.7 cm³/mol. The molecular formula is C9H21ClMg. The number of halogens is 1. The van der Waals surface area contributed by atoms with E-state index in [1.807, 2.05) is 0 Å². The Morgan fingerprint density at radius 1 is 0.909 bits per heavy atom. The Morgan fingerprint density at radius 2 is 1.36 bits per heavy atom. The summed E-state index contributed by atoms with van der Waals surface area (Å²) in [5, 5.41) is 0. The molecule has 66 valence electrons. The van der Waals surface area contributed by atoms with Crippen LogP contribution >= 0.6 is 11.6 Å². The molecule has 0 spiro atoms. The summed E-state index contributed by atoms with van der Waals surface area (Å²) < 4.78 is 0. The first-order valence-electron chi connectivity index (χ1n) is 4.47. The van der Waals surface area contributed by atoms with Gasteiger partial charge >= 0.3 is 23.1 Å². The molecule has 0 atom stereocenters. The molecular weight excluding hydrogens is 168 g/mol. The molecule has 11 heavy (non-hydrogen) atoms. The van der Waals surface area contributed by atoms with Gasteiger partial charge in [-0.2, -0.15) is 0 Å². The quantitative estimate of drug-likeness (QED) is 0.324. The van der Waals surface area contributed by atoms with E-state index >= 15 is 0 Å². The summed E-state index contributed by atoms with van der Waals surface area (Å²) in [5.74, 6) is 0.841. The zero-order chi connectivity index (χ0) is 7.66. The molecule has 0 aliphatic rings. The fourth-order valence-electron chi connectivity index (χ4n) is 1.05. The van der Waals surface area contributed by atoms with Crippen LogP contribution in [-0.2, 0) is 0 Å². The fraction of sp³-hybridized carbons (Fsp3) is 1.00. The molecule has 0 saturated heterocycles. The van der Waals surface area contributed by atoms with Gasteiger partial charge in [0, 0.05) is 5.88 Å². The van der Waals surface area contributed by atoms with E-state index < -0.39 is 0 Å². The number of unbranched alkanes of at least 4 members (excludes halogenated alkanes) is 6.